The van der Waals surface area contributed by atoms with Crippen molar-refractivity contribution in [1.29, 1.82) is 0 Å². The maximum Gasteiger partial charge on any atom is 0.237 e. The first-order chi connectivity index (χ1) is 8.86. The van der Waals surface area contributed by atoms with E-state index in [2.05, 4.69) is 15.6 Å². The molecule has 0 bridgehead atoms. The minimum atomic E-state index is 0.192. The molecule has 0 unspecified atom stereocenters. The summed E-state index contributed by atoms with van der Waals surface area (Å²) in [4.78, 5) is 17.7. The fourth-order valence-corrected chi connectivity index (χ4v) is 2.64. The molecule has 5 nitrogen and oxygen atoms in total. The number of hydrogen-bond acceptors (Lipinski definition) is 5. The van der Waals surface area contributed by atoms with Gasteiger partial charge in [0, 0.05) is 31.6 Å². The Balaban J connectivity index is 1.54. The molecule has 1 aliphatic rings. The molecule has 1 saturated heterocycles. The van der Waals surface area contributed by atoms with Gasteiger partial charge in [-0.05, 0) is 12.1 Å². The third-order valence-electron chi connectivity index (χ3n) is 2.65. The van der Waals surface area contributed by atoms with Crippen molar-refractivity contribution in [3.05, 3.63) is 24.4 Å². The Hall–Kier alpha value is -1.27. The highest BCUT2D eigenvalue weighted by Crippen LogP contribution is 2.12. The highest BCUT2D eigenvalue weighted by atomic mass is 32.2. The number of rotatable bonds is 6. The molecule has 2 heterocycles. The topological polar surface area (TPSA) is 57.3 Å². The first-order valence-electron chi connectivity index (χ1n) is 6.07. The summed E-state index contributed by atoms with van der Waals surface area (Å²) >= 11 is 1.81. The second-order valence-corrected chi connectivity index (χ2v) is 5.09. The zero-order chi connectivity index (χ0) is 12.6. The molecule has 18 heavy (non-hydrogen) atoms. The second-order valence-electron chi connectivity index (χ2n) is 4.01. The number of anilines is 1. The van der Waals surface area contributed by atoms with E-state index < -0.39 is 0 Å². The van der Waals surface area contributed by atoms with E-state index in [1.165, 1.54) is 0 Å². The molecule has 98 valence electrons. The van der Waals surface area contributed by atoms with E-state index in [-0.39, 0.29) is 5.91 Å². The number of thioether (sulfide) groups is 1. The summed E-state index contributed by atoms with van der Waals surface area (Å²) < 4.78 is 0. The molecular formula is C12H18N4OS. The van der Waals surface area contributed by atoms with Crippen LogP contribution in [0.15, 0.2) is 24.4 Å². The molecule has 2 N–H and O–H groups in total. The minimum Gasteiger partial charge on any atom is -0.369 e. The normalized spacial score (nSPS) is 14.8. The lowest BCUT2D eigenvalue weighted by Crippen LogP contribution is -2.37. The number of carbonyl (C=O) groups excluding carboxylic acids is 1. The molecule has 0 aliphatic carbocycles. The maximum absolute atomic E-state index is 11.7. The van der Waals surface area contributed by atoms with Gasteiger partial charge in [0.2, 0.25) is 5.91 Å². The van der Waals surface area contributed by atoms with Crippen molar-refractivity contribution in [2.45, 2.75) is 0 Å². The van der Waals surface area contributed by atoms with Crippen molar-refractivity contribution >= 4 is 23.5 Å². The van der Waals surface area contributed by atoms with Gasteiger partial charge < -0.3 is 15.5 Å². The summed E-state index contributed by atoms with van der Waals surface area (Å²) in [7, 11) is 0. The van der Waals surface area contributed by atoms with Crippen LogP contribution in [0.5, 0.6) is 0 Å². The Kier molecular flexibility index (Phi) is 5.29. The number of amides is 1. The Bertz CT molecular complexity index is 368. The lowest BCUT2D eigenvalue weighted by atomic mass is 10.4. The third kappa shape index (κ3) is 4.19. The highest BCUT2D eigenvalue weighted by Gasteiger charge is 2.17. The van der Waals surface area contributed by atoms with Gasteiger partial charge in [-0.25, -0.2) is 4.98 Å². The van der Waals surface area contributed by atoms with E-state index in [9.17, 15) is 4.79 Å². The van der Waals surface area contributed by atoms with Crippen LogP contribution < -0.4 is 10.6 Å². The van der Waals surface area contributed by atoms with Gasteiger partial charge in [0.15, 0.2) is 0 Å². The lowest BCUT2D eigenvalue weighted by molar-refractivity contribution is -0.128. The number of aromatic nitrogens is 1. The lowest BCUT2D eigenvalue weighted by Gasteiger charge is -2.14. The van der Waals surface area contributed by atoms with Crippen molar-refractivity contribution in [2.24, 2.45) is 0 Å². The molecule has 0 atom stereocenters. The predicted molar refractivity (Wildman–Crippen MR) is 74.6 cm³/mol. The zero-order valence-electron chi connectivity index (χ0n) is 10.3. The van der Waals surface area contributed by atoms with E-state index in [0.717, 1.165) is 37.1 Å². The summed E-state index contributed by atoms with van der Waals surface area (Å²) in [6, 6.07) is 5.75. The summed E-state index contributed by atoms with van der Waals surface area (Å²) in [6.45, 7) is 2.82. The van der Waals surface area contributed by atoms with Crippen molar-refractivity contribution in [2.75, 3.05) is 43.1 Å². The number of nitrogens with one attached hydrogen (secondary N) is 2. The zero-order valence-corrected chi connectivity index (χ0v) is 11.1. The first kappa shape index (κ1) is 13.2. The molecule has 0 radical (unpaired) electrons. The molecular weight excluding hydrogens is 248 g/mol. The largest absolute Gasteiger partial charge is 0.369 e. The summed E-state index contributed by atoms with van der Waals surface area (Å²) in [5.41, 5.74) is 0. The van der Waals surface area contributed by atoms with E-state index in [0.29, 0.717) is 6.54 Å². The molecule has 1 fully saturated rings. The van der Waals surface area contributed by atoms with E-state index in [1.54, 1.807) is 6.20 Å². The first-order valence-corrected chi connectivity index (χ1v) is 7.23. The smallest absolute Gasteiger partial charge is 0.237 e. The van der Waals surface area contributed by atoms with Gasteiger partial charge in [-0.2, -0.15) is 0 Å². The molecule has 6 heteroatoms. The molecule has 2 rings (SSSR count). The van der Waals surface area contributed by atoms with E-state index in [1.807, 2.05) is 34.9 Å². The summed E-state index contributed by atoms with van der Waals surface area (Å²) in [6.07, 6.45) is 1.75. The Morgan fingerprint density at radius 1 is 1.44 bits per heavy atom. The van der Waals surface area contributed by atoms with Crippen molar-refractivity contribution in [3.63, 3.8) is 0 Å². The van der Waals surface area contributed by atoms with Crippen LogP contribution in [0.1, 0.15) is 0 Å². The van der Waals surface area contributed by atoms with E-state index in [4.69, 9.17) is 0 Å². The minimum absolute atomic E-state index is 0.192. The van der Waals surface area contributed by atoms with Crippen LogP contribution >= 0.6 is 11.8 Å². The van der Waals surface area contributed by atoms with Crippen molar-refractivity contribution in [3.8, 4) is 0 Å². The predicted octanol–water partition coefficient (Wildman–Crippen LogP) is 0.616. The Morgan fingerprint density at radius 2 is 2.39 bits per heavy atom. The number of hydrogen-bond donors (Lipinski definition) is 2. The second kappa shape index (κ2) is 7.23. The Morgan fingerprint density at radius 3 is 3.11 bits per heavy atom. The molecule has 1 aromatic heterocycles. The monoisotopic (exact) mass is 266 g/mol. The third-order valence-corrected chi connectivity index (χ3v) is 3.62. The average molecular weight is 266 g/mol. The van der Waals surface area contributed by atoms with Gasteiger partial charge in [0.1, 0.15) is 5.82 Å². The molecule has 0 saturated carbocycles. The van der Waals surface area contributed by atoms with Crippen LogP contribution in [0.3, 0.4) is 0 Å². The quantitative estimate of drug-likeness (QED) is 0.739. The van der Waals surface area contributed by atoms with Crippen LogP contribution in [-0.2, 0) is 4.79 Å². The van der Waals surface area contributed by atoms with Gasteiger partial charge in [0.05, 0.1) is 12.4 Å². The standard InChI is InChI=1S/C12H18N4OS/c17-12(16-7-8-18-10-16)9-13-5-6-15-11-3-1-2-4-14-11/h1-4,13H,5-10H2,(H,14,15). The maximum atomic E-state index is 11.7. The van der Waals surface area contributed by atoms with Crippen LogP contribution in [0.4, 0.5) is 5.82 Å². The van der Waals surface area contributed by atoms with Gasteiger partial charge in [0.25, 0.3) is 0 Å². The fourth-order valence-electron chi connectivity index (χ4n) is 1.66. The molecule has 1 aliphatic heterocycles. The van der Waals surface area contributed by atoms with Gasteiger partial charge in [-0.15, -0.1) is 11.8 Å². The molecule has 1 amide bonds. The summed E-state index contributed by atoms with van der Waals surface area (Å²) in [5.74, 6) is 2.96. The molecule has 0 aromatic carbocycles. The van der Waals surface area contributed by atoms with Crippen LogP contribution in [-0.4, -0.2) is 53.6 Å². The van der Waals surface area contributed by atoms with Gasteiger partial charge in [-0.1, -0.05) is 6.07 Å². The fraction of sp³-hybridized carbons (Fsp3) is 0.500. The van der Waals surface area contributed by atoms with Gasteiger partial charge >= 0.3 is 0 Å². The highest BCUT2D eigenvalue weighted by molar-refractivity contribution is 7.99. The number of nitrogens with zero attached hydrogens (tertiary/aromatic N) is 2. The number of pyridine rings is 1. The van der Waals surface area contributed by atoms with Crippen molar-refractivity contribution in [1.82, 2.24) is 15.2 Å². The molecule has 0 spiro atoms. The molecule has 1 aromatic rings. The van der Waals surface area contributed by atoms with Gasteiger partial charge in [-0.3, -0.25) is 4.79 Å². The van der Waals surface area contributed by atoms with Crippen LogP contribution in [0.25, 0.3) is 0 Å². The van der Waals surface area contributed by atoms with Crippen molar-refractivity contribution < 1.29 is 4.79 Å². The van der Waals surface area contributed by atoms with Crippen LogP contribution in [0.2, 0.25) is 0 Å². The average Bonchev–Trinajstić information content (AvgIpc) is 2.93. The van der Waals surface area contributed by atoms with E-state index >= 15 is 0 Å². The Labute approximate surface area is 111 Å². The summed E-state index contributed by atoms with van der Waals surface area (Å²) in [5, 5.41) is 6.33. The SMILES string of the molecule is O=C(CNCCNc1ccccn1)N1CCSC1. The van der Waals surface area contributed by atoms with Crippen LogP contribution in [0, 0.1) is 0 Å². The number of carbonyl (C=O) groups is 1.